The number of ether oxygens (including phenoxy) is 1. The van der Waals surface area contributed by atoms with Gasteiger partial charge in [-0.2, -0.15) is 0 Å². The van der Waals surface area contributed by atoms with Crippen LogP contribution in [-0.2, 0) is 9.53 Å². The molecular weight excluding hydrogens is 400 g/mol. The van der Waals surface area contributed by atoms with Gasteiger partial charge in [-0.25, -0.2) is 9.78 Å². The Balaban J connectivity index is 1.73. The molecule has 0 spiro atoms. The minimum Gasteiger partial charge on any atom is -0.449 e. The number of carbonyl (C=O) groups is 3. The van der Waals surface area contributed by atoms with E-state index in [1.807, 2.05) is 0 Å². The van der Waals surface area contributed by atoms with Crippen molar-refractivity contribution >= 4 is 46.3 Å². The monoisotopic (exact) mass is 414 g/mol. The van der Waals surface area contributed by atoms with E-state index in [9.17, 15) is 14.4 Å². The van der Waals surface area contributed by atoms with Crippen LogP contribution in [0.5, 0.6) is 0 Å². The molecule has 1 aromatic carbocycles. The van der Waals surface area contributed by atoms with E-state index in [0.717, 1.165) is 0 Å². The molecule has 0 radical (unpaired) electrons. The number of thiophene rings is 1. The summed E-state index contributed by atoms with van der Waals surface area (Å²) < 4.78 is 5.26. The van der Waals surface area contributed by atoms with E-state index in [1.165, 1.54) is 30.5 Å². The summed E-state index contributed by atoms with van der Waals surface area (Å²) >= 11 is 7.19. The number of nitrogens with one attached hydrogen (secondary N) is 1. The first kappa shape index (κ1) is 19.7. The summed E-state index contributed by atoms with van der Waals surface area (Å²) in [6.45, 7) is 1.43. The van der Waals surface area contributed by atoms with E-state index in [0.29, 0.717) is 10.6 Å². The van der Waals surface area contributed by atoms with Crippen molar-refractivity contribution < 1.29 is 19.1 Å². The van der Waals surface area contributed by atoms with Crippen molar-refractivity contribution in [3.63, 3.8) is 0 Å². The molecule has 8 heteroatoms. The van der Waals surface area contributed by atoms with E-state index in [4.69, 9.17) is 16.3 Å². The average molecular weight is 415 g/mol. The second-order valence-electron chi connectivity index (χ2n) is 5.73. The second-order valence-corrected chi connectivity index (χ2v) is 7.04. The fraction of sp³-hybridized carbons (Fsp3) is 0.100. The molecule has 0 bridgehead atoms. The summed E-state index contributed by atoms with van der Waals surface area (Å²) in [7, 11) is 0. The zero-order valence-electron chi connectivity index (χ0n) is 14.7. The number of benzene rings is 1. The van der Waals surface area contributed by atoms with Crippen molar-refractivity contribution in [1.82, 2.24) is 4.98 Å². The molecule has 0 aliphatic heterocycles. The molecule has 2 aromatic heterocycles. The van der Waals surface area contributed by atoms with Crippen LogP contribution < -0.4 is 5.32 Å². The van der Waals surface area contributed by atoms with Crippen LogP contribution in [0.3, 0.4) is 0 Å². The van der Waals surface area contributed by atoms with E-state index >= 15 is 0 Å². The molecule has 0 unspecified atom stereocenters. The number of nitrogens with zero attached hydrogens (tertiary/aromatic N) is 1. The normalized spacial score (nSPS) is 11.5. The highest BCUT2D eigenvalue weighted by Crippen LogP contribution is 2.20. The predicted octanol–water partition coefficient (Wildman–Crippen LogP) is 4.21. The Bertz CT molecular complexity index is 1020. The van der Waals surface area contributed by atoms with Crippen molar-refractivity contribution in [3.8, 4) is 0 Å². The molecule has 0 aliphatic carbocycles. The Kier molecular flexibility index (Phi) is 6.18. The van der Waals surface area contributed by atoms with Gasteiger partial charge in [0.1, 0.15) is 0 Å². The minimum absolute atomic E-state index is 0.0972. The number of aromatic nitrogens is 1. The van der Waals surface area contributed by atoms with Crippen LogP contribution in [0, 0.1) is 0 Å². The number of halogens is 1. The molecule has 3 rings (SSSR count). The van der Waals surface area contributed by atoms with Crippen LogP contribution in [0.1, 0.15) is 32.5 Å². The zero-order valence-corrected chi connectivity index (χ0v) is 16.3. The maximum atomic E-state index is 12.6. The zero-order chi connectivity index (χ0) is 20.1. The van der Waals surface area contributed by atoms with Crippen LogP contribution in [0.15, 0.2) is 60.1 Å². The lowest BCUT2D eigenvalue weighted by Gasteiger charge is -2.15. The maximum absolute atomic E-state index is 12.6. The van der Waals surface area contributed by atoms with Crippen LogP contribution in [0.25, 0.3) is 0 Å². The Morgan fingerprint density at radius 1 is 1.07 bits per heavy atom. The number of anilines is 1. The van der Waals surface area contributed by atoms with Gasteiger partial charge in [0.25, 0.3) is 5.91 Å². The number of amides is 1. The summed E-state index contributed by atoms with van der Waals surface area (Å²) in [5.41, 5.74) is 0.628. The van der Waals surface area contributed by atoms with E-state index < -0.39 is 18.0 Å². The summed E-state index contributed by atoms with van der Waals surface area (Å²) in [5, 5.41) is 4.46. The number of carbonyl (C=O) groups excluding carboxylic acids is 3. The van der Waals surface area contributed by atoms with E-state index in [1.54, 1.807) is 47.8 Å². The number of ketones is 1. The van der Waals surface area contributed by atoms with Crippen molar-refractivity contribution in [1.29, 1.82) is 0 Å². The lowest BCUT2D eigenvalue weighted by molar-refractivity contribution is -0.123. The molecule has 1 atom stereocenters. The Labute approximate surface area is 170 Å². The smallest absolute Gasteiger partial charge is 0.339 e. The first-order valence-corrected chi connectivity index (χ1v) is 9.52. The molecular formula is C20H15ClN2O4S. The number of rotatable bonds is 6. The highest BCUT2D eigenvalue weighted by molar-refractivity contribution is 7.12. The quantitative estimate of drug-likeness (QED) is 0.371. The number of pyridine rings is 1. The number of hydrogen-bond acceptors (Lipinski definition) is 6. The third-order valence-electron chi connectivity index (χ3n) is 3.81. The van der Waals surface area contributed by atoms with Crippen LogP contribution in [0.4, 0.5) is 5.69 Å². The van der Waals surface area contributed by atoms with Gasteiger partial charge in [-0.05, 0) is 36.6 Å². The van der Waals surface area contributed by atoms with Crippen molar-refractivity contribution in [3.05, 3.63) is 81.3 Å². The summed E-state index contributed by atoms with van der Waals surface area (Å²) in [6, 6.07) is 13.0. The highest BCUT2D eigenvalue weighted by Gasteiger charge is 2.24. The maximum Gasteiger partial charge on any atom is 0.339 e. The van der Waals surface area contributed by atoms with Crippen LogP contribution >= 0.6 is 22.9 Å². The van der Waals surface area contributed by atoms with Crippen molar-refractivity contribution in [2.75, 3.05) is 5.32 Å². The summed E-state index contributed by atoms with van der Waals surface area (Å²) in [4.78, 5) is 41.9. The molecule has 1 N–H and O–H groups in total. The van der Waals surface area contributed by atoms with Gasteiger partial charge in [-0.3, -0.25) is 9.59 Å². The minimum atomic E-state index is -1.10. The Morgan fingerprint density at radius 3 is 2.50 bits per heavy atom. The fourth-order valence-electron chi connectivity index (χ4n) is 2.39. The van der Waals surface area contributed by atoms with E-state index in [-0.39, 0.29) is 22.1 Å². The van der Waals surface area contributed by atoms with Gasteiger partial charge >= 0.3 is 5.97 Å². The molecule has 0 saturated heterocycles. The second kappa shape index (κ2) is 8.77. The lowest BCUT2D eigenvalue weighted by Crippen LogP contribution is -2.30. The molecule has 28 heavy (non-hydrogen) atoms. The SMILES string of the molecule is C[C@H](OC(=O)c1ccccc1C(=O)c1cccs1)C(=O)Nc1cccnc1Cl. The largest absolute Gasteiger partial charge is 0.449 e. The molecule has 6 nitrogen and oxygen atoms in total. The van der Waals surface area contributed by atoms with Crippen LogP contribution in [0.2, 0.25) is 5.15 Å². The molecule has 0 saturated carbocycles. The van der Waals surface area contributed by atoms with Gasteiger partial charge in [0.2, 0.25) is 5.78 Å². The van der Waals surface area contributed by atoms with E-state index in [2.05, 4.69) is 10.3 Å². The summed E-state index contributed by atoms with van der Waals surface area (Å²) in [5.74, 6) is -1.60. The first-order valence-electron chi connectivity index (χ1n) is 8.27. The van der Waals surface area contributed by atoms with Gasteiger partial charge in [-0.1, -0.05) is 35.9 Å². The average Bonchev–Trinajstić information content (AvgIpc) is 3.24. The molecule has 2 heterocycles. The van der Waals surface area contributed by atoms with Gasteiger partial charge in [0, 0.05) is 11.8 Å². The molecule has 0 fully saturated rings. The number of hydrogen-bond donors (Lipinski definition) is 1. The van der Waals surface area contributed by atoms with Crippen molar-refractivity contribution in [2.45, 2.75) is 13.0 Å². The molecule has 0 aliphatic rings. The molecule has 142 valence electrons. The molecule has 3 aromatic rings. The predicted molar refractivity (Wildman–Crippen MR) is 107 cm³/mol. The first-order chi connectivity index (χ1) is 13.5. The summed E-state index contributed by atoms with van der Waals surface area (Å²) in [6.07, 6.45) is 0.386. The van der Waals surface area contributed by atoms with Gasteiger partial charge in [0.05, 0.1) is 16.1 Å². The third-order valence-corrected chi connectivity index (χ3v) is 4.98. The third kappa shape index (κ3) is 4.44. The van der Waals surface area contributed by atoms with Crippen LogP contribution in [-0.4, -0.2) is 28.7 Å². The Morgan fingerprint density at radius 2 is 1.82 bits per heavy atom. The topological polar surface area (TPSA) is 85.4 Å². The Hall–Kier alpha value is -3.03. The van der Waals surface area contributed by atoms with Gasteiger partial charge < -0.3 is 10.1 Å². The van der Waals surface area contributed by atoms with Crippen molar-refractivity contribution in [2.24, 2.45) is 0 Å². The highest BCUT2D eigenvalue weighted by atomic mass is 35.5. The standard InChI is InChI=1S/C20H15ClN2O4S/c1-12(19(25)23-15-8-4-10-22-18(15)21)27-20(26)14-7-3-2-6-13(14)17(24)16-9-5-11-28-16/h2-12H,1H3,(H,23,25)/t12-/m0/s1. The number of esters is 1. The van der Waals surface area contributed by atoms with Gasteiger partial charge in [0.15, 0.2) is 11.3 Å². The lowest BCUT2D eigenvalue weighted by atomic mass is 10.0. The molecule has 1 amide bonds. The fourth-order valence-corrected chi connectivity index (χ4v) is 3.24. The van der Waals surface area contributed by atoms with Gasteiger partial charge in [-0.15, -0.1) is 11.3 Å².